The molecule has 6 heteroatoms. The molecule has 0 aliphatic heterocycles. The standard InChI is InChI=1S/C25H27ClN2O3/c1-4-30-24-14-20(15-27-28-16-21-7-5-6-8-23(21)29-3)13-22(26)25(24)31-17-19-11-9-18(2)10-12-19/h5-15,28H,4,16-17H2,1-3H3/b27-15-. The monoisotopic (exact) mass is 438 g/mol. The van der Waals surface area contributed by atoms with E-state index < -0.39 is 0 Å². The second-order valence-electron chi connectivity index (χ2n) is 6.94. The first-order valence-corrected chi connectivity index (χ1v) is 10.5. The fraction of sp³-hybridized carbons (Fsp3) is 0.240. The molecule has 162 valence electrons. The van der Waals surface area contributed by atoms with Gasteiger partial charge in [-0.05, 0) is 43.2 Å². The average molecular weight is 439 g/mol. The summed E-state index contributed by atoms with van der Waals surface area (Å²) in [7, 11) is 1.65. The third kappa shape index (κ3) is 6.40. The van der Waals surface area contributed by atoms with Crippen LogP contribution in [-0.4, -0.2) is 19.9 Å². The summed E-state index contributed by atoms with van der Waals surface area (Å²) in [6.07, 6.45) is 1.70. The van der Waals surface area contributed by atoms with Crippen LogP contribution in [0.4, 0.5) is 0 Å². The first-order valence-electron chi connectivity index (χ1n) is 10.1. The number of methoxy groups -OCH3 is 1. The molecule has 0 saturated carbocycles. The number of benzene rings is 3. The van der Waals surface area contributed by atoms with Gasteiger partial charge in [-0.15, -0.1) is 0 Å². The van der Waals surface area contributed by atoms with E-state index in [1.54, 1.807) is 13.3 Å². The Morgan fingerprint density at radius 3 is 2.52 bits per heavy atom. The number of hydrogen-bond acceptors (Lipinski definition) is 5. The van der Waals surface area contributed by atoms with E-state index in [4.69, 9.17) is 25.8 Å². The smallest absolute Gasteiger partial charge is 0.180 e. The molecule has 0 aliphatic carbocycles. The van der Waals surface area contributed by atoms with Gasteiger partial charge in [-0.3, -0.25) is 0 Å². The number of rotatable bonds is 10. The Kier molecular flexibility index (Phi) is 8.19. The van der Waals surface area contributed by atoms with Gasteiger partial charge in [0.1, 0.15) is 12.4 Å². The molecule has 5 nitrogen and oxygen atoms in total. The molecule has 0 unspecified atom stereocenters. The maximum atomic E-state index is 6.51. The number of nitrogens with zero attached hydrogens (tertiary/aromatic N) is 1. The molecule has 0 fully saturated rings. The van der Waals surface area contributed by atoms with E-state index in [9.17, 15) is 0 Å². The Labute approximate surface area is 188 Å². The molecule has 0 amide bonds. The SMILES string of the molecule is CCOc1cc(/C=N\NCc2ccccc2OC)cc(Cl)c1OCc1ccc(C)cc1. The van der Waals surface area contributed by atoms with E-state index in [-0.39, 0.29) is 0 Å². The third-order valence-electron chi connectivity index (χ3n) is 4.60. The summed E-state index contributed by atoms with van der Waals surface area (Å²) in [5, 5.41) is 4.78. The average Bonchev–Trinajstić information content (AvgIpc) is 2.78. The maximum Gasteiger partial charge on any atom is 0.180 e. The van der Waals surface area contributed by atoms with Crippen LogP contribution in [-0.2, 0) is 13.2 Å². The molecule has 3 rings (SSSR count). The molecular weight excluding hydrogens is 412 g/mol. The summed E-state index contributed by atoms with van der Waals surface area (Å²) in [6.45, 7) is 5.44. The third-order valence-corrected chi connectivity index (χ3v) is 4.88. The Bertz CT molecular complexity index is 1020. The van der Waals surface area contributed by atoms with E-state index in [1.807, 2.05) is 55.5 Å². The quantitative estimate of drug-likeness (QED) is 0.323. The second kappa shape index (κ2) is 11.3. The van der Waals surface area contributed by atoms with E-state index in [0.29, 0.717) is 36.3 Å². The number of para-hydroxylation sites is 1. The van der Waals surface area contributed by atoms with Gasteiger partial charge in [0.15, 0.2) is 11.5 Å². The van der Waals surface area contributed by atoms with Gasteiger partial charge in [-0.1, -0.05) is 59.6 Å². The van der Waals surface area contributed by atoms with Crippen molar-refractivity contribution in [3.63, 3.8) is 0 Å². The largest absolute Gasteiger partial charge is 0.496 e. The minimum Gasteiger partial charge on any atom is -0.496 e. The van der Waals surface area contributed by atoms with Gasteiger partial charge in [-0.2, -0.15) is 5.10 Å². The van der Waals surface area contributed by atoms with Crippen molar-refractivity contribution in [2.24, 2.45) is 5.10 Å². The van der Waals surface area contributed by atoms with Crippen LogP contribution in [0.2, 0.25) is 5.02 Å². The minimum absolute atomic E-state index is 0.411. The number of hydrogen-bond donors (Lipinski definition) is 1. The summed E-state index contributed by atoms with van der Waals surface area (Å²) >= 11 is 6.51. The molecule has 31 heavy (non-hydrogen) atoms. The molecule has 1 N–H and O–H groups in total. The Hall–Kier alpha value is -3.18. The fourth-order valence-electron chi connectivity index (χ4n) is 3.01. The van der Waals surface area contributed by atoms with E-state index in [2.05, 4.69) is 29.6 Å². The van der Waals surface area contributed by atoms with Crippen molar-refractivity contribution in [1.82, 2.24) is 5.43 Å². The highest BCUT2D eigenvalue weighted by Gasteiger charge is 2.12. The minimum atomic E-state index is 0.411. The van der Waals surface area contributed by atoms with Gasteiger partial charge in [0.2, 0.25) is 0 Å². The van der Waals surface area contributed by atoms with Gasteiger partial charge >= 0.3 is 0 Å². The van der Waals surface area contributed by atoms with Gasteiger partial charge in [0.05, 0.1) is 31.5 Å². The molecule has 0 spiro atoms. The summed E-state index contributed by atoms with van der Waals surface area (Å²) < 4.78 is 17.1. The lowest BCUT2D eigenvalue weighted by molar-refractivity contribution is 0.269. The number of hydrazone groups is 1. The van der Waals surface area contributed by atoms with Crippen LogP contribution in [0.15, 0.2) is 65.8 Å². The first kappa shape index (κ1) is 22.5. The molecule has 0 aromatic heterocycles. The zero-order valence-electron chi connectivity index (χ0n) is 18.0. The van der Waals surface area contributed by atoms with Crippen LogP contribution in [0.1, 0.15) is 29.2 Å². The normalized spacial score (nSPS) is 10.8. The van der Waals surface area contributed by atoms with Crippen LogP contribution in [0.3, 0.4) is 0 Å². The van der Waals surface area contributed by atoms with Crippen LogP contribution in [0, 0.1) is 6.92 Å². The number of nitrogens with one attached hydrogen (secondary N) is 1. The Morgan fingerprint density at radius 1 is 1.00 bits per heavy atom. The molecule has 0 bridgehead atoms. The molecule has 0 heterocycles. The highest BCUT2D eigenvalue weighted by atomic mass is 35.5. The lowest BCUT2D eigenvalue weighted by Crippen LogP contribution is -2.07. The van der Waals surface area contributed by atoms with Crippen molar-refractivity contribution < 1.29 is 14.2 Å². The molecule has 0 saturated heterocycles. The molecule has 3 aromatic rings. The van der Waals surface area contributed by atoms with Crippen molar-refractivity contribution in [2.45, 2.75) is 27.0 Å². The van der Waals surface area contributed by atoms with Gasteiger partial charge < -0.3 is 19.6 Å². The molecule has 0 aliphatic rings. The first-order chi connectivity index (χ1) is 15.1. The number of aryl methyl sites for hydroxylation is 1. The lowest BCUT2D eigenvalue weighted by Gasteiger charge is -2.14. The van der Waals surface area contributed by atoms with Crippen LogP contribution in [0.25, 0.3) is 0 Å². The van der Waals surface area contributed by atoms with Crippen molar-refractivity contribution in [3.8, 4) is 17.2 Å². The number of ether oxygens (including phenoxy) is 3. The maximum absolute atomic E-state index is 6.51. The highest BCUT2D eigenvalue weighted by Crippen LogP contribution is 2.37. The van der Waals surface area contributed by atoms with Crippen LogP contribution < -0.4 is 19.6 Å². The molecule has 3 aromatic carbocycles. The van der Waals surface area contributed by atoms with E-state index in [0.717, 1.165) is 22.4 Å². The highest BCUT2D eigenvalue weighted by molar-refractivity contribution is 6.32. The predicted molar refractivity (Wildman–Crippen MR) is 126 cm³/mol. The lowest BCUT2D eigenvalue weighted by atomic mass is 10.1. The van der Waals surface area contributed by atoms with Crippen LogP contribution >= 0.6 is 11.6 Å². The van der Waals surface area contributed by atoms with Crippen molar-refractivity contribution in [2.75, 3.05) is 13.7 Å². The predicted octanol–water partition coefficient (Wildman–Crippen LogP) is 5.76. The van der Waals surface area contributed by atoms with E-state index >= 15 is 0 Å². The van der Waals surface area contributed by atoms with Gasteiger partial charge in [-0.25, -0.2) is 0 Å². The molecule has 0 atom stereocenters. The summed E-state index contributed by atoms with van der Waals surface area (Å²) in [4.78, 5) is 0. The Balaban J connectivity index is 1.68. The van der Waals surface area contributed by atoms with E-state index in [1.165, 1.54) is 5.56 Å². The number of halogens is 1. The second-order valence-corrected chi connectivity index (χ2v) is 7.35. The Morgan fingerprint density at radius 2 is 1.77 bits per heavy atom. The van der Waals surface area contributed by atoms with Crippen molar-refractivity contribution in [1.29, 1.82) is 0 Å². The summed E-state index contributed by atoms with van der Waals surface area (Å²) in [5.74, 6) is 1.94. The zero-order valence-corrected chi connectivity index (χ0v) is 18.8. The van der Waals surface area contributed by atoms with Gasteiger partial charge in [0, 0.05) is 5.56 Å². The molecular formula is C25H27ClN2O3. The van der Waals surface area contributed by atoms with Crippen LogP contribution in [0.5, 0.6) is 17.2 Å². The van der Waals surface area contributed by atoms with Crippen molar-refractivity contribution in [3.05, 3.63) is 87.9 Å². The summed E-state index contributed by atoms with van der Waals surface area (Å²) in [5.41, 5.74) is 7.14. The van der Waals surface area contributed by atoms with Gasteiger partial charge in [0.25, 0.3) is 0 Å². The summed E-state index contributed by atoms with van der Waals surface area (Å²) in [6, 6.07) is 19.7. The van der Waals surface area contributed by atoms with Crippen molar-refractivity contribution >= 4 is 17.8 Å². The zero-order chi connectivity index (χ0) is 22.1. The fourth-order valence-corrected chi connectivity index (χ4v) is 3.28. The topological polar surface area (TPSA) is 52.1 Å². The molecule has 0 radical (unpaired) electrons.